The van der Waals surface area contributed by atoms with Crippen LogP contribution in [0.3, 0.4) is 0 Å². The number of carbonyl (C=O) groups is 1. The smallest absolute Gasteiger partial charge is 0.305 e. The first-order valence-electron chi connectivity index (χ1n) is 13.4. The predicted molar refractivity (Wildman–Crippen MR) is 128 cm³/mol. The van der Waals surface area contributed by atoms with E-state index in [1.807, 2.05) is 0 Å². The van der Waals surface area contributed by atoms with Crippen LogP contribution in [0.15, 0.2) is 0 Å². The van der Waals surface area contributed by atoms with Crippen molar-refractivity contribution in [1.29, 1.82) is 0 Å². The molecule has 0 aromatic rings. The van der Waals surface area contributed by atoms with E-state index in [2.05, 4.69) is 20.8 Å². The summed E-state index contributed by atoms with van der Waals surface area (Å²) in [6, 6.07) is 0. The molecule has 1 unspecified atom stereocenters. The molecular weight excluding hydrogens is 356 g/mol. The molecule has 0 aliphatic carbocycles. The Hall–Kier alpha value is -0.530. The molecule has 1 atom stereocenters. The van der Waals surface area contributed by atoms with Gasteiger partial charge in [-0.2, -0.15) is 0 Å². The van der Waals surface area contributed by atoms with Crippen molar-refractivity contribution in [2.75, 3.05) is 6.61 Å². The first-order valence-corrected chi connectivity index (χ1v) is 13.4. The van der Waals surface area contributed by atoms with E-state index in [1.165, 1.54) is 116 Å². The Morgan fingerprint density at radius 3 is 1.48 bits per heavy atom. The van der Waals surface area contributed by atoms with E-state index in [0.29, 0.717) is 13.0 Å². The predicted octanol–water partition coefficient (Wildman–Crippen LogP) is 9.40. The van der Waals surface area contributed by atoms with Gasteiger partial charge in [-0.3, -0.25) is 4.79 Å². The monoisotopic (exact) mass is 410 g/mol. The quantitative estimate of drug-likeness (QED) is 0.124. The maximum atomic E-state index is 11.8. The zero-order valence-corrected chi connectivity index (χ0v) is 20.5. The lowest BCUT2D eigenvalue weighted by Gasteiger charge is -2.14. The number of ether oxygens (including phenoxy) is 1. The molecule has 174 valence electrons. The molecule has 0 saturated carbocycles. The molecule has 2 heteroatoms. The molecule has 0 heterocycles. The van der Waals surface area contributed by atoms with E-state index in [9.17, 15) is 4.79 Å². The molecule has 0 amide bonds. The van der Waals surface area contributed by atoms with Gasteiger partial charge in [0.2, 0.25) is 0 Å². The summed E-state index contributed by atoms with van der Waals surface area (Å²) in [6.45, 7) is 7.40. The minimum Gasteiger partial charge on any atom is -0.466 e. The van der Waals surface area contributed by atoms with Gasteiger partial charge in [0.15, 0.2) is 0 Å². The van der Waals surface area contributed by atoms with Crippen LogP contribution in [0.25, 0.3) is 0 Å². The third kappa shape index (κ3) is 22.0. The van der Waals surface area contributed by atoms with E-state index >= 15 is 0 Å². The molecule has 2 nitrogen and oxygen atoms in total. The topological polar surface area (TPSA) is 26.3 Å². The Balaban J connectivity index is 3.26. The first-order chi connectivity index (χ1) is 14.2. The fourth-order valence-corrected chi connectivity index (χ4v) is 4.10. The minimum absolute atomic E-state index is 0.0186. The van der Waals surface area contributed by atoms with E-state index in [4.69, 9.17) is 4.74 Å². The summed E-state index contributed by atoms with van der Waals surface area (Å²) in [6.07, 6.45) is 27.1. The van der Waals surface area contributed by atoms with Crippen molar-refractivity contribution in [3.8, 4) is 0 Å². The van der Waals surface area contributed by atoms with Crippen molar-refractivity contribution in [3.63, 3.8) is 0 Å². The largest absolute Gasteiger partial charge is 0.466 e. The first kappa shape index (κ1) is 28.5. The molecule has 0 aromatic carbocycles. The van der Waals surface area contributed by atoms with Gasteiger partial charge in [0.1, 0.15) is 0 Å². The molecule has 0 N–H and O–H groups in total. The summed E-state index contributed by atoms with van der Waals surface area (Å²) in [7, 11) is 0. The molecule has 0 rings (SSSR count). The number of rotatable bonds is 23. The average Bonchev–Trinajstić information content (AvgIpc) is 2.73. The van der Waals surface area contributed by atoms with Gasteiger partial charge in [-0.15, -0.1) is 0 Å². The number of hydrogen-bond donors (Lipinski definition) is 0. The van der Waals surface area contributed by atoms with Gasteiger partial charge in [0.05, 0.1) is 6.61 Å². The van der Waals surface area contributed by atoms with Crippen molar-refractivity contribution in [1.82, 2.24) is 0 Å². The van der Waals surface area contributed by atoms with E-state index in [0.717, 1.165) is 18.8 Å². The Morgan fingerprint density at radius 1 is 0.586 bits per heavy atom. The van der Waals surface area contributed by atoms with Gasteiger partial charge in [-0.25, -0.2) is 0 Å². The zero-order valence-electron chi connectivity index (χ0n) is 20.5. The lowest BCUT2D eigenvalue weighted by atomic mass is 9.96. The fraction of sp³-hybridized carbons (Fsp3) is 0.963. The molecule has 0 aliphatic heterocycles. The molecule has 0 saturated heterocycles. The summed E-state index contributed by atoms with van der Waals surface area (Å²) in [5.41, 5.74) is 0. The highest BCUT2D eigenvalue weighted by molar-refractivity contribution is 5.69. The highest BCUT2D eigenvalue weighted by Crippen LogP contribution is 2.17. The highest BCUT2D eigenvalue weighted by atomic mass is 16.5. The Labute approximate surface area is 184 Å². The third-order valence-electron chi connectivity index (χ3n) is 6.32. The Kier molecular flexibility index (Phi) is 23.3. The summed E-state index contributed by atoms with van der Waals surface area (Å²) < 4.78 is 5.43. The lowest BCUT2D eigenvalue weighted by Crippen LogP contribution is -2.09. The maximum Gasteiger partial charge on any atom is 0.305 e. The molecular formula is C27H54O2. The Morgan fingerprint density at radius 2 is 1.03 bits per heavy atom. The van der Waals surface area contributed by atoms with Crippen molar-refractivity contribution < 1.29 is 9.53 Å². The molecule has 29 heavy (non-hydrogen) atoms. The second kappa shape index (κ2) is 23.7. The van der Waals surface area contributed by atoms with Crippen LogP contribution in [0, 0.1) is 5.92 Å². The number of carbonyl (C=O) groups excluding carboxylic acids is 1. The molecule has 0 bridgehead atoms. The molecule has 0 aliphatic rings. The number of unbranched alkanes of at least 4 members (excludes halogenated alkanes) is 15. The van der Waals surface area contributed by atoms with Crippen molar-refractivity contribution in [2.45, 2.75) is 156 Å². The van der Waals surface area contributed by atoms with Crippen molar-refractivity contribution in [3.05, 3.63) is 0 Å². The highest BCUT2D eigenvalue weighted by Gasteiger charge is 2.08. The zero-order chi connectivity index (χ0) is 21.4. The van der Waals surface area contributed by atoms with Crippen LogP contribution in [-0.4, -0.2) is 12.6 Å². The maximum absolute atomic E-state index is 11.8. The Bertz CT molecular complexity index is 326. The third-order valence-corrected chi connectivity index (χ3v) is 6.32. The summed E-state index contributed by atoms with van der Waals surface area (Å²) >= 11 is 0. The summed E-state index contributed by atoms with van der Waals surface area (Å²) in [5, 5.41) is 0. The lowest BCUT2D eigenvalue weighted by molar-refractivity contribution is -0.144. The molecule has 0 fully saturated rings. The van der Waals surface area contributed by atoms with Crippen LogP contribution in [0.4, 0.5) is 0 Å². The minimum atomic E-state index is 0.0186. The summed E-state index contributed by atoms with van der Waals surface area (Å²) in [4.78, 5) is 11.8. The van der Waals surface area contributed by atoms with Crippen LogP contribution >= 0.6 is 0 Å². The summed E-state index contributed by atoms with van der Waals surface area (Å²) in [5.74, 6) is 0.749. The molecule has 0 aromatic heterocycles. The second-order valence-electron chi connectivity index (χ2n) is 9.13. The van der Waals surface area contributed by atoms with Crippen LogP contribution < -0.4 is 0 Å². The van der Waals surface area contributed by atoms with Gasteiger partial charge < -0.3 is 4.74 Å². The van der Waals surface area contributed by atoms with Gasteiger partial charge >= 0.3 is 5.97 Å². The number of hydrogen-bond acceptors (Lipinski definition) is 2. The number of esters is 1. The SMILES string of the molecule is CCCCCCCCCCCCCCCCCC(=O)OCCC(CC)CCCC. The van der Waals surface area contributed by atoms with Crippen molar-refractivity contribution in [2.24, 2.45) is 5.92 Å². The molecule has 0 radical (unpaired) electrons. The molecule has 0 spiro atoms. The normalized spacial score (nSPS) is 12.2. The standard InChI is InChI=1S/C27H54O2/c1-4-7-9-10-11-12-13-14-15-16-17-18-19-20-21-23-27(28)29-25-24-26(6-3)22-8-5-2/h26H,4-25H2,1-3H3. The van der Waals surface area contributed by atoms with E-state index in [1.54, 1.807) is 0 Å². The average molecular weight is 411 g/mol. The van der Waals surface area contributed by atoms with Crippen LogP contribution in [0.2, 0.25) is 0 Å². The second-order valence-corrected chi connectivity index (χ2v) is 9.13. The van der Waals surface area contributed by atoms with Crippen LogP contribution in [0.1, 0.15) is 156 Å². The van der Waals surface area contributed by atoms with Crippen LogP contribution in [0.5, 0.6) is 0 Å². The van der Waals surface area contributed by atoms with Gasteiger partial charge in [0, 0.05) is 6.42 Å². The van der Waals surface area contributed by atoms with Gasteiger partial charge in [-0.1, -0.05) is 136 Å². The fourth-order valence-electron chi connectivity index (χ4n) is 4.10. The van der Waals surface area contributed by atoms with Gasteiger partial charge in [0.25, 0.3) is 0 Å². The van der Waals surface area contributed by atoms with E-state index in [-0.39, 0.29) is 5.97 Å². The van der Waals surface area contributed by atoms with Crippen LogP contribution in [-0.2, 0) is 9.53 Å². The van der Waals surface area contributed by atoms with Crippen molar-refractivity contribution >= 4 is 5.97 Å². The van der Waals surface area contributed by atoms with E-state index < -0.39 is 0 Å². The van der Waals surface area contributed by atoms with Gasteiger partial charge in [-0.05, 0) is 18.8 Å².